The van der Waals surface area contributed by atoms with Crippen molar-refractivity contribution in [2.24, 2.45) is 17.6 Å². The van der Waals surface area contributed by atoms with Crippen LogP contribution in [0.4, 0.5) is 0 Å². The van der Waals surface area contributed by atoms with E-state index in [0.717, 1.165) is 11.8 Å². The standard InChI is InChI=1S/C12H25N/c1-3-6-10-8-5-9-11(7-4-2)12(10)13/h10-12H,3-9,13H2,1-2H3. The Balaban J connectivity index is 2.40. The Bertz CT molecular complexity index is 115. The highest BCUT2D eigenvalue weighted by molar-refractivity contribution is 4.84. The van der Waals surface area contributed by atoms with E-state index in [9.17, 15) is 0 Å². The number of hydrogen-bond acceptors (Lipinski definition) is 1. The fourth-order valence-electron chi connectivity index (χ4n) is 2.83. The van der Waals surface area contributed by atoms with Crippen LogP contribution in [0.2, 0.25) is 0 Å². The minimum Gasteiger partial charge on any atom is -0.327 e. The smallest absolute Gasteiger partial charge is 0.00956 e. The zero-order chi connectivity index (χ0) is 9.68. The molecule has 0 bridgehead atoms. The van der Waals surface area contributed by atoms with Crippen LogP contribution >= 0.6 is 0 Å². The highest BCUT2D eigenvalue weighted by Gasteiger charge is 2.28. The van der Waals surface area contributed by atoms with Gasteiger partial charge < -0.3 is 5.73 Å². The first kappa shape index (κ1) is 11.0. The summed E-state index contributed by atoms with van der Waals surface area (Å²) in [5, 5.41) is 0. The second-order valence-corrected chi connectivity index (χ2v) is 4.61. The van der Waals surface area contributed by atoms with Crippen LogP contribution < -0.4 is 5.73 Å². The Hall–Kier alpha value is -0.0400. The quantitative estimate of drug-likeness (QED) is 0.711. The van der Waals surface area contributed by atoms with Gasteiger partial charge in [0.05, 0.1) is 0 Å². The van der Waals surface area contributed by atoms with E-state index in [4.69, 9.17) is 5.73 Å². The molecule has 1 heteroatoms. The first-order valence-electron chi connectivity index (χ1n) is 6.05. The Labute approximate surface area is 83.1 Å². The molecule has 0 spiro atoms. The van der Waals surface area contributed by atoms with Crippen molar-refractivity contribution in [2.75, 3.05) is 0 Å². The average molecular weight is 183 g/mol. The lowest BCUT2D eigenvalue weighted by Crippen LogP contribution is -2.40. The van der Waals surface area contributed by atoms with Gasteiger partial charge in [-0.2, -0.15) is 0 Å². The summed E-state index contributed by atoms with van der Waals surface area (Å²) >= 11 is 0. The Kier molecular flexibility index (Phi) is 4.79. The van der Waals surface area contributed by atoms with Crippen molar-refractivity contribution in [3.8, 4) is 0 Å². The van der Waals surface area contributed by atoms with Gasteiger partial charge in [0, 0.05) is 6.04 Å². The third-order valence-corrected chi connectivity index (χ3v) is 3.56. The lowest BCUT2D eigenvalue weighted by Gasteiger charge is -2.35. The van der Waals surface area contributed by atoms with E-state index in [2.05, 4.69) is 13.8 Å². The van der Waals surface area contributed by atoms with Gasteiger partial charge >= 0.3 is 0 Å². The van der Waals surface area contributed by atoms with E-state index in [0.29, 0.717) is 6.04 Å². The van der Waals surface area contributed by atoms with E-state index in [-0.39, 0.29) is 0 Å². The minimum atomic E-state index is 0.508. The van der Waals surface area contributed by atoms with Gasteiger partial charge in [-0.15, -0.1) is 0 Å². The van der Waals surface area contributed by atoms with Gasteiger partial charge in [-0.25, -0.2) is 0 Å². The fraction of sp³-hybridized carbons (Fsp3) is 1.00. The summed E-state index contributed by atoms with van der Waals surface area (Å²) in [5.41, 5.74) is 6.30. The van der Waals surface area contributed by atoms with Crippen molar-refractivity contribution < 1.29 is 0 Å². The lowest BCUT2D eigenvalue weighted by molar-refractivity contribution is 0.199. The summed E-state index contributed by atoms with van der Waals surface area (Å²) in [5.74, 6) is 1.66. The van der Waals surface area contributed by atoms with Crippen molar-refractivity contribution in [2.45, 2.75) is 64.8 Å². The van der Waals surface area contributed by atoms with Crippen LogP contribution in [0, 0.1) is 11.8 Å². The summed E-state index contributed by atoms with van der Waals surface area (Å²) < 4.78 is 0. The molecule has 0 saturated heterocycles. The average Bonchev–Trinajstić information content (AvgIpc) is 2.13. The maximum atomic E-state index is 6.30. The molecule has 1 fully saturated rings. The topological polar surface area (TPSA) is 26.0 Å². The molecule has 0 amide bonds. The molecule has 0 aliphatic heterocycles. The van der Waals surface area contributed by atoms with Gasteiger partial charge in [-0.1, -0.05) is 33.1 Å². The molecule has 0 aromatic carbocycles. The molecule has 13 heavy (non-hydrogen) atoms. The van der Waals surface area contributed by atoms with E-state index in [1.807, 2.05) is 0 Å². The third kappa shape index (κ3) is 2.98. The summed E-state index contributed by atoms with van der Waals surface area (Å²) in [6.45, 7) is 4.55. The van der Waals surface area contributed by atoms with Gasteiger partial charge in [0.15, 0.2) is 0 Å². The van der Waals surface area contributed by atoms with Gasteiger partial charge in [0.1, 0.15) is 0 Å². The molecule has 78 valence electrons. The predicted molar refractivity (Wildman–Crippen MR) is 58.6 cm³/mol. The van der Waals surface area contributed by atoms with E-state index >= 15 is 0 Å². The second kappa shape index (κ2) is 5.64. The molecular weight excluding hydrogens is 158 g/mol. The molecule has 0 radical (unpaired) electrons. The molecule has 0 aromatic heterocycles. The van der Waals surface area contributed by atoms with Crippen LogP contribution in [0.5, 0.6) is 0 Å². The molecule has 1 nitrogen and oxygen atoms in total. The summed E-state index contributed by atoms with van der Waals surface area (Å²) in [6, 6.07) is 0.508. The van der Waals surface area contributed by atoms with Crippen molar-refractivity contribution in [3.63, 3.8) is 0 Å². The normalized spacial score (nSPS) is 34.8. The number of hydrogen-bond donors (Lipinski definition) is 1. The van der Waals surface area contributed by atoms with Crippen molar-refractivity contribution in [1.29, 1.82) is 0 Å². The molecular formula is C12H25N. The summed E-state index contributed by atoms with van der Waals surface area (Å²) in [4.78, 5) is 0. The monoisotopic (exact) mass is 183 g/mol. The zero-order valence-electron chi connectivity index (χ0n) is 9.26. The van der Waals surface area contributed by atoms with Crippen LogP contribution in [0.25, 0.3) is 0 Å². The SMILES string of the molecule is CCCC1CCCC(CCC)C1N. The first-order valence-corrected chi connectivity index (χ1v) is 6.05. The molecule has 1 rings (SSSR count). The molecule has 1 aliphatic rings. The van der Waals surface area contributed by atoms with Crippen molar-refractivity contribution in [3.05, 3.63) is 0 Å². The fourth-order valence-corrected chi connectivity index (χ4v) is 2.83. The first-order chi connectivity index (χ1) is 6.29. The van der Waals surface area contributed by atoms with Gasteiger partial charge in [0.2, 0.25) is 0 Å². The van der Waals surface area contributed by atoms with Gasteiger partial charge in [-0.3, -0.25) is 0 Å². The Morgan fingerprint density at radius 1 is 1.00 bits per heavy atom. The molecule has 0 aromatic rings. The van der Waals surface area contributed by atoms with Crippen LogP contribution in [-0.4, -0.2) is 6.04 Å². The third-order valence-electron chi connectivity index (χ3n) is 3.56. The predicted octanol–water partition coefficient (Wildman–Crippen LogP) is 3.33. The lowest BCUT2D eigenvalue weighted by atomic mass is 9.74. The van der Waals surface area contributed by atoms with E-state index in [1.54, 1.807) is 0 Å². The van der Waals surface area contributed by atoms with Gasteiger partial charge in [0.25, 0.3) is 0 Å². The van der Waals surface area contributed by atoms with Crippen LogP contribution in [0.15, 0.2) is 0 Å². The van der Waals surface area contributed by atoms with E-state index in [1.165, 1.54) is 44.9 Å². The largest absolute Gasteiger partial charge is 0.327 e. The zero-order valence-corrected chi connectivity index (χ0v) is 9.26. The Morgan fingerprint density at radius 2 is 1.46 bits per heavy atom. The molecule has 2 atom stereocenters. The van der Waals surface area contributed by atoms with Crippen LogP contribution in [0.1, 0.15) is 58.8 Å². The highest BCUT2D eigenvalue weighted by atomic mass is 14.7. The Morgan fingerprint density at radius 3 is 1.85 bits per heavy atom. The number of rotatable bonds is 4. The second-order valence-electron chi connectivity index (χ2n) is 4.61. The van der Waals surface area contributed by atoms with Crippen LogP contribution in [0.3, 0.4) is 0 Å². The van der Waals surface area contributed by atoms with E-state index < -0.39 is 0 Å². The maximum absolute atomic E-state index is 6.30. The van der Waals surface area contributed by atoms with Crippen molar-refractivity contribution in [1.82, 2.24) is 0 Å². The maximum Gasteiger partial charge on any atom is 0.00956 e. The molecule has 0 heterocycles. The molecule has 2 unspecified atom stereocenters. The minimum absolute atomic E-state index is 0.508. The molecule has 2 N–H and O–H groups in total. The van der Waals surface area contributed by atoms with Crippen molar-refractivity contribution >= 4 is 0 Å². The van der Waals surface area contributed by atoms with Gasteiger partial charge in [-0.05, 0) is 37.5 Å². The summed E-state index contributed by atoms with van der Waals surface area (Å²) in [6.07, 6.45) is 9.49. The van der Waals surface area contributed by atoms with Crippen LogP contribution in [-0.2, 0) is 0 Å². The highest BCUT2D eigenvalue weighted by Crippen LogP contribution is 2.33. The molecule has 1 saturated carbocycles. The summed E-state index contributed by atoms with van der Waals surface area (Å²) in [7, 11) is 0. The number of nitrogens with two attached hydrogens (primary N) is 1. The molecule has 1 aliphatic carbocycles.